The summed E-state index contributed by atoms with van der Waals surface area (Å²) in [6.07, 6.45) is 8.01. The lowest BCUT2D eigenvalue weighted by Gasteiger charge is -2.19. The van der Waals surface area contributed by atoms with Gasteiger partial charge in [0, 0.05) is 18.1 Å². The van der Waals surface area contributed by atoms with E-state index in [2.05, 4.69) is 21.4 Å². The Kier molecular flexibility index (Phi) is 5.10. The van der Waals surface area contributed by atoms with Crippen LogP contribution in [0.15, 0.2) is 53.8 Å². The maximum absolute atomic E-state index is 14.5. The summed E-state index contributed by atoms with van der Waals surface area (Å²) in [5, 5.41) is 3.22. The molecular formula is C22H24FN5. The highest BCUT2D eigenvalue weighted by Crippen LogP contribution is 2.27. The molecule has 3 N–H and O–H groups in total. The Morgan fingerprint density at radius 2 is 2.11 bits per heavy atom. The molecule has 0 aliphatic heterocycles. The number of imidazole rings is 1. The molecule has 0 fully saturated rings. The Balaban J connectivity index is 1.47. The molecule has 0 amide bonds. The molecule has 144 valence electrons. The maximum Gasteiger partial charge on any atom is 0.193 e. The lowest BCUT2D eigenvalue weighted by atomic mass is 9.90. The number of anilines is 1. The van der Waals surface area contributed by atoms with Crippen molar-refractivity contribution in [2.75, 3.05) is 5.32 Å². The summed E-state index contributed by atoms with van der Waals surface area (Å²) in [5.74, 6) is 0.774. The summed E-state index contributed by atoms with van der Waals surface area (Å²) < 4.78 is 16.2. The molecule has 1 aromatic heterocycles. The van der Waals surface area contributed by atoms with Gasteiger partial charge in [0.25, 0.3) is 0 Å². The maximum atomic E-state index is 14.5. The summed E-state index contributed by atoms with van der Waals surface area (Å²) >= 11 is 0. The van der Waals surface area contributed by atoms with E-state index in [-0.39, 0.29) is 5.82 Å². The first-order valence-electron chi connectivity index (χ1n) is 9.58. The summed E-state index contributed by atoms with van der Waals surface area (Å²) in [4.78, 5) is 8.52. The number of rotatable bonds is 4. The van der Waals surface area contributed by atoms with E-state index in [9.17, 15) is 4.39 Å². The van der Waals surface area contributed by atoms with Gasteiger partial charge in [0.1, 0.15) is 11.6 Å². The van der Waals surface area contributed by atoms with E-state index in [0.29, 0.717) is 18.2 Å². The van der Waals surface area contributed by atoms with Crippen molar-refractivity contribution in [2.24, 2.45) is 10.7 Å². The molecule has 2 aromatic carbocycles. The molecule has 0 spiro atoms. The molecule has 0 saturated carbocycles. The van der Waals surface area contributed by atoms with Gasteiger partial charge in [-0.25, -0.2) is 14.4 Å². The number of nitrogens with one attached hydrogen (secondary N) is 1. The van der Waals surface area contributed by atoms with E-state index in [1.807, 2.05) is 25.1 Å². The smallest absolute Gasteiger partial charge is 0.193 e. The highest BCUT2D eigenvalue weighted by molar-refractivity contribution is 5.93. The van der Waals surface area contributed by atoms with Gasteiger partial charge in [-0.05, 0) is 67.5 Å². The monoisotopic (exact) mass is 377 g/mol. The first-order chi connectivity index (χ1) is 13.6. The molecule has 1 heterocycles. The van der Waals surface area contributed by atoms with Gasteiger partial charge in [-0.1, -0.05) is 18.2 Å². The van der Waals surface area contributed by atoms with E-state index in [1.54, 1.807) is 23.0 Å². The van der Waals surface area contributed by atoms with Crippen molar-refractivity contribution in [3.63, 3.8) is 0 Å². The van der Waals surface area contributed by atoms with Gasteiger partial charge in [0.05, 0.1) is 12.2 Å². The minimum absolute atomic E-state index is 0.308. The quantitative estimate of drug-likeness (QED) is 0.531. The molecule has 0 saturated heterocycles. The lowest BCUT2D eigenvalue weighted by Crippen LogP contribution is -2.24. The fourth-order valence-electron chi connectivity index (χ4n) is 3.73. The molecular weight excluding hydrogens is 353 g/mol. The lowest BCUT2D eigenvalue weighted by molar-refractivity contribution is 0.614. The van der Waals surface area contributed by atoms with Gasteiger partial charge < -0.3 is 15.6 Å². The van der Waals surface area contributed by atoms with Crippen molar-refractivity contribution in [1.82, 2.24) is 9.55 Å². The van der Waals surface area contributed by atoms with Gasteiger partial charge in [-0.2, -0.15) is 0 Å². The molecule has 5 nitrogen and oxygen atoms in total. The van der Waals surface area contributed by atoms with Gasteiger partial charge in [0.15, 0.2) is 5.96 Å². The number of guanidine groups is 1. The van der Waals surface area contributed by atoms with Gasteiger partial charge in [-0.15, -0.1) is 0 Å². The second-order valence-corrected chi connectivity index (χ2v) is 7.11. The van der Waals surface area contributed by atoms with Crippen molar-refractivity contribution in [2.45, 2.75) is 39.2 Å². The third-order valence-corrected chi connectivity index (χ3v) is 5.19. The zero-order valence-electron chi connectivity index (χ0n) is 16.0. The Hall–Kier alpha value is -3.15. The molecule has 6 heteroatoms. The number of nitrogens with zero attached hydrogens (tertiary/aromatic N) is 3. The predicted molar refractivity (Wildman–Crippen MR) is 110 cm³/mol. The Bertz CT molecular complexity index is 1020. The number of benzene rings is 2. The second kappa shape index (κ2) is 7.84. The first-order valence-corrected chi connectivity index (χ1v) is 9.58. The van der Waals surface area contributed by atoms with E-state index < -0.39 is 0 Å². The van der Waals surface area contributed by atoms with Gasteiger partial charge in [0.2, 0.25) is 0 Å². The molecule has 1 aliphatic rings. The number of aryl methyl sites for hydroxylation is 2. The van der Waals surface area contributed by atoms with Crippen molar-refractivity contribution in [3.05, 3.63) is 77.1 Å². The van der Waals surface area contributed by atoms with Crippen LogP contribution in [0.25, 0.3) is 5.69 Å². The van der Waals surface area contributed by atoms with Gasteiger partial charge >= 0.3 is 0 Å². The zero-order chi connectivity index (χ0) is 19.5. The van der Waals surface area contributed by atoms with Crippen LogP contribution in [0.2, 0.25) is 0 Å². The van der Waals surface area contributed by atoms with Crippen molar-refractivity contribution in [1.29, 1.82) is 0 Å². The molecule has 1 aliphatic carbocycles. The van der Waals surface area contributed by atoms with E-state index in [1.165, 1.54) is 30.0 Å². The minimum atomic E-state index is -0.308. The van der Waals surface area contributed by atoms with Crippen LogP contribution in [-0.2, 0) is 19.4 Å². The summed E-state index contributed by atoms with van der Waals surface area (Å²) in [6.45, 7) is 2.15. The molecule has 0 atom stereocenters. The number of aliphatic imine (C=N–C) groups is 1. The van der Waals surface area contributed by atoms with Crippen molar-refractivity contribution >= 4 is 11.6 Å². The number of fused-ring (bicyclic) bond motifs is 1. The fourth-order valence-corrected chi connectivity index (χ4v) is 3.73. The SMILES string of the molecule is Cc1nccn1-c1ccc(CN=C(N)Nc2cccc3c2CCCC3)cc1F. The zero-order valence-corrected chi connectivity index (χ0v) is 16.0. The van der Waals surface area contributed by atoms with Crippen LogP contribution < -0.4 is 11.1 Å². The third kappa shape index (κ3) is 3.76. The largest absolute Gasteiger partial charge is 0.370 e. The molecule has 0 bridgehead atoms. The molecule has 0 unspecified atom stereocenters. The van der Waals surface area contributed by atoms with Gasteiger partial charge in [-0.3, -0.25) is 0 Å². The summed E-state index contributed by atoms with van der Waals surface area (Å²) in [6, 6.07) is 11.4. The van der Waals surface area contributed by atoms with Crippen LogP contribution in [-0.4, -0.2) is 15.5 Å². The van der Waals surface area contributed by atoms with Crippen LogP contribution in [0.1, 0.15) is 35.4 Å². The topological polar surface area (TPSA) is 68.2 Å². The Labute approximate surface area is 164 Å². The van der Waals surface area contributed by atoms with Crippen LogP contribution in [0.5, 0.6) is 0 Å². The van der Waals surface area contributed by atoms with Crippen LogP contribution in [0.4, 0.5) is 10.1 Å². The molecule has 0 radical (unpaired) electrons. The number of aromatic nitrogens is 2. The normalized spacial score (nSPS) is 14.0. The Morgan fingerprint density at radius 1 is 1.25 bits per heavy atom. The number of hydrogen-bond acceptors (Lipinski definition) is 2. The number of nitrogens with two attached hydrogens (primary N) is 1. The summed E-state index contributed by atoms with van der Waals surface area (Å²) in [7, 11) is 0. The third-order valence-electron chi connectivity index (χ3n) is 5.19. The van der Waals surface area contributed by atoms with Crippen molar-refractivity contribution < 1.29 is 4.39 Å². The highest BCUT2D eigenvalue weighted by atomic mass is 19.1. The Morgan fingerprint density at radius 3 is 2.89 bits per heavy atom. The average molecular weight is 377 g/mol. The van der Waals surface area contributed by atoms with Crippen molar-refractivity contribution in [3.8, 4) is 5.69 Å². The first kappa shape index (κ1) is 18.2. The van der Waals surface area contributed by atoms with Crippen LogP contribution in [0, 0.1) is 12.7 Å². The molecule has 3 aromatic rings. The van der Waals surface area contributed by atoms with E-state index >= 15 is 0 Å². The highest BCUT2D eigenvalue weighted by Gasteiger charge is 2.13. The minimum Gasteiger partial charge on any atom is -0.370 e. The van der Waals surface area contributed by atoms with Crippen LogP contribution in [0.3, 0.4) is 0 Å². The average Bonchev–Trinajstić information content (AvgIpc) is 3.12. The van der Waals surface area contributed by atoms with E-state index in [0.717, 1.165) is 29.9 Å². The van der Waals surface area contributed by atoms with Crippen LogP contribution >= 0.6 is 0 Å². The van der Waals surface area contributed by atoms with E-state index in [4.69, 9.17) is 5.73 Å². The predicted octanol–water partition coefficient (Wildman–Crippen LogP) is 4.13. The molecule has 28 heavy (non-hydrogen) atoms. The number of hydrogen-bond donors (Lipinski definition) is 2. The second-order valence-electron chi connectivity index (χ2n) is 7.11. The number of halogens is 1. The molecule has 4 rings (SSSR count). The fraction of sp³-hybridized carbons (Fsp3) is 0.273. The standard InChI is InChI=1S/C22H24FN5/c1-15-25-11-12-28(15)21-10-9-16(13-19(21)23)14-26-22(24)27-20-8-4-6-17-5-2-3-7-18(17)20/h4,6,8-13H,2-3,5,7,14H2,1H3,(H3,24,26,27). The summed E-state index contributed by atoms with van der Waals surface area (Å²) in [5.41, 5.74) is 11.1.